The summed E-state index contributed by atoms with van der Waals surface area (Å²) < 4.78 is 19.0. The molecule has 98 valence electrons. The smallest absolute Gasteiger partial charge is 0.225 e. The highest BCUT2D eigenvalue weighted by Gasteiger charge is 2.17. The Bertz CT molecular complexity index is 616. The van der Waals surface area contributed by atoms with Gasteiger partial charge in [0, 0.05) is 11.6 Å². The second-order valence-corrected chi connectivity index (χ2v) is 4.60. The molecule has 0 amide bonds. The van der Waals surface area contributed by atoms with E-state index in [2.05, 4.69) is 9.97 Å². The van der Waals surface area contributed by atoms with Crippen molar-refractivity contribution in [3.05, 3.63) is 41.6 Å². The highest BCUT2D eigenvalue weighted by Crippen LogP contribution is 2.30. The summed E-state index contributed by atoms with van der Waals surface area (Å²) in [7, 11) is 0. The lowest BCUT2D eigenvalue weighted by atomic mass is 9.97. The van der Waals surface area contributed by atoms with E-state index in [1.54, 1.807) is 6.07 Å². The van der Waals surface area contributed by atoms with Crippen LogP contribution in [0.1, 0.15) is 24.1 Å². The molecule has 2 aromatic rings. The fourth-order valence-electron chi connectivity index (χ4n) is 2.26. The Balaban J connectivity index is 1.92. The molecule has 0 spiro atoms. The molecule has 0 radical (unpaired) electrons. The van der Waals surface area contributed by atoms with Gasteiger partial charge in [0.25, 0.3) is 0 Å². The number of nitrogens with zero attached hydrogens (tertiary/aromatic N) is 2. The van der Waals surface area contributed by atoms with Crippen LogP contribution in [0.15, 0.2) is 24.5 Å². The Kier molecular flexibility index (Phi) is 3.03. The summed E-state index contributed by atoms with van der Waals surface area (Å²) in [6, 6.07) is 4.39. The van der Waals surface area contributed by atoms with E-state index < -0.39 is 5.82 Å². The molecular weight excluding hydrogens is 245 g/mol. The molecular formula is C14H14FN3O. The number of aromatic nitrogens is 2. The van der Waals surface area contributed by atoms with E-state index in [1.807, 2.05) is 0 Å². The molecule has 1 aromatic carbocycles. The van der Waals surface area contributed by atoms with E-state index in [9.17, 15) is 4.39 Å². The molecule has 1 aliphatic carbocycles. The van der Waals surface area contributed by atoms with Gasteiger partial charge in [-0.2, -0.15) is 0 Å². The normalized spacial score (nSPS) is 13.9. The van der Waals surface area contributed by atoms with Crippen LogP contribution in [-0.4, -0.2) is 9.97 Å². The number of hydrogen-bond acceptors (Lipinski definition) is 4. The van der Waals surface area contributed by atoms with Gasteiger partial charge in [-0.15, -0.1) is 0 Å². The van der Waals surface area contributed by atoms with Gasteiger partial charge >= 0.3 is 0 Å². The minimum atomic E-state index is -0.486. The van der Waals surface area contributed by atoms with E-state index in [4.69, 9.17) is 10.5 Å². The van der Waals surface area contributed by atoms with Crippen LogP contribution in [-0.2, 0) is 12.8 Å². The van der Waals surface area contributed by atoms with Gasteiger partial charge < -0.3 is 10.5 Å². The summed E-state index contributed by atoms with van der Waals surface area (Å²) >= 11 is 0. The first-order valence-corrected chi connectivity index (χ1v) is 6.29. The average Bonchev–Trinajstić information content (AvgIpc) is 2.43. The zero-order valence-electron chi connectivity index (χ0n) is 10.4. The van der Waals surface area contributed by atoms with Crippen molar-refractivity contribution < 1.29 is 9.13 Å². The molecule has 0 atom stereocenters. The number of benzene rings is 1. The molecule has 0 saturated heterocycles. The van der Waals surface area contributed by atoms with Crippen molar-refractivity contribution >= 4 is 5.69 Å². The predicted molar refractivity (Wildman–Crippen MR) is 69.6 cm³/mol. The standard InChI is InChI=1S/C14H14FN3O/c15-11-7-9(5-6-12(11)16)19-14-10-3-1-2-4-13(10)17-8-18-14/h5-8H,1-4,16H2. The number of rotatable bonds is 2. The van der Waals surface area contributed by atoms with Crippen molar-refractivity contribution in [1.82, 2.24) is 9.97 Å². The second-order valence-electron chi connectivity index (χ2n) is 4.60. The highest BCUT2D eigenvalue weighted by molar-refractivity contribution is 5.45. The molecule has 19 heavy (non-hydrogen) atoms. The van der Waals surface area contributed by atoms with Crippen molar-refractivity contribution in [1.29, 1.82) is 0 Å². The molecule has 4 nitrogen and oxygen atoms in total. The summed E-state index contributed by atoms with van der Waals surface area (Å²) in [6.45, 7) is 0. The number of fused-ring (bicyclic) bond motifs is 1. The lowest BCUT2D eigenvalue weighted by Gasteiger charge is -2.17. The lowest BCUT2D eigenvalue weighted by Crippen LogP contribution is -2.08. The van der Waals surface area contributed by atoms with E-state index >= 15 is 0 Å². The molecule has 1 aliphatic rings. The Hall–Kier alpha value is -2.17. The molecule has 0 saturated carbocycles. The van der Waals surface area contributed by atoms with Gasteiger partial charge in [-0.25, -0.2) is 14.4 Å². The minimum absolute atomic E-state index is 0.108. The van der Waals surface area contributed by atoms with Crippen molar-refractivity contribution in [2.45, 2.75) is 25.7 Å². The molecule has 1 aromatic heterocycles. The molecule has 3 rings (SSSR count). The van der Waals surface area contributed by atoms with Crippen LogP contribution >= 0.6 is 0 Å². The van der Waals surface area contributed by atoms with E-state index in [0.29, 0.717) is 11.6 Å². The van der Waals surface area contributed by atoms with E-state index in [0.717, 1.165) is 36.9 Å². The predicted octanol–water partition coefficient (Wildman–Crippen LogP) is 2.87. The fraction of sp³-hybridized carbons (Fsp3) is 0.286. The first-order valence-electron chi connectivity index (χ1n) is 6.29. The Morgan fingerprint density at radius 3 is 2.84 bits per heavy atom. The zero-order chi connectivity index (χ0) is 13.2. The van der Waals surface area contributed by atoms with Gasteiger partial charge in [-0.1, -0.05) is 0 Å². The molecule has 0 unspecified atom stereocenters. The molecule has 0 bridgehead atoms. The number of halogens is 1. The molecule has 5 heteroatoms. The molecule has 0 fully saturated rings. The van der Waals surface area contributed by atoms with Crippen LogP contribution in [0, 0.1) is 5.82 Å². The van der Waals surface area contributed by atoms with Crippen molar-refractivity contribution in [2.24, 2.45) is 0 Å². The fourth-order valence-corrected chi connectivity index (χ4v) is 2.26. The summed E-state index contributed by atoms with van der Waals surface area (Å²) in [6.07, 6.45) is 5.59. The summed E-state index contributed by atoms with van der Waals surface area (Å²) in [5.41, 5.74) is 7.61. The van der Waals surface area contributed by atoms with Crippen molar-refractivity contribution in [3.8, 4) is 11.6 Å². The topological polar surface area (TPSA) is 61.0 Å². The second kappa shape index (κ2) is 4.84. The maximum atomic E-state index is 13.4. The van der Waals surface area contributed by atoms with Crippen LogP contribution in [0.25, 0.3) is 0 Å². The van der Waals surface area contributed by atoms with E-state index in [-0.39, 0.29) is 5.69 Å². The number of hydrogen-bond donors (Lipinski definition) is 1. The number of ether oxygens (including phenoxy) is 1. The van der Waals surface area contributed by atoms with Gasteiger partial charge in [-0.05, 0) is 37.8 Å². The van der Waals surface area contributed by atoms with Crippen LogP contribution in [0.5, 0.6) is 11.6 Å². The number of aryl methyl sites for hydroxylation is 1. The first kappa shape index (κ1) is 11.9. The number of nitrogen functional groups attached to an aromatic ring is 1. The van der Waals surface area contributed by atoms with Gasteiger partial charge in [0.2, 0.25) is 5.88 Å². The van der Waals surface area contributed by atoms with Crippen LogP contribution in [0.4, 0.5) is 10.1 Å². The number of anilines is 1. The van der Waals surface area contributed by atoms with Gasteiger partial charge in [0.15, 0.2) is 0 Å². The Morgan fingerprint density at radius 1 is 1.16 bits per heavy atom. The Morgan fingerprint density at radius 2 is 2.00 bits per heavy atom. The lowest BCUT2D eigenvalue weighted by molar-refractivity contribution is 0.443. The summed E-state index contributed by atoms with van der Waals surface area (Å²) in [5, 5.41) is 0. The average molecular weight is 259 g/mol. The van der Waals surface area contributed by atoms with E-state index in [1.165, 1.54) is 18.5 Å². The first-order chi connectivity index (χ1) is 9.24. The van der Waals surface area contributed by atoms with Crippen molar-refractivity contribution in [2.75, 3.05) is 5.73 Å². The summed E-state index contributed by atoms with van der Waals surface area (Å²) in [5.74, 6) is 0.437. The highest BCUT2D eigenvalue weighted by atomic mass is 19.1. The van der Waals surface area contributed by atoms with Crippen molar-refractivity contribution in [3.63, 3.8) is 0 Å². The monoisotopic (exact) mass is 259 g/mol. The third-order valence-electron chi connectivity index (χ3n) is 3.27. The van der Waals surface area contributed by atoms with Gasteiger partial charge in [-0.3, -0.25) is 0 Å². The van der Waals surface area contributed by atoms with Gasteiger partial charge in [0.05, 0.1) is 11.4 Å². The maximum absolute atomic E-state index is 13.4. The van der Waals surface area contributed by atoms with Crippen LogP contribution in [0.3, 0.4) is 0 Å². The zero-order valence-corrected chi connectivity index (χ0v) is 10.4. The molecule has 1 heterocycles. The van der Waals surface area contributed by atoms with Crippen LogP contribution in [0.2, 0.25) is 0 Å². The maximum Gasteiger partial charge on any atom is 0.225 e. The quantitative estimate of drug-likeness (QED) is 0.842. The minimum Gasteiger partial charge on any atom is -0.439 e. The SMILES string of the molecule is Nc1ccc(Oc2ncnc3c2CCCC3)cc1F. The number of nitrogens with two attached hydrogens (primary N) is 1. The Labute approximate surface area is 110 Å². The third-order valence-corrected chi connectivity index (χ3v) is 3.27. The molecule has 2 N–H and O–H groups in total. The van der Waals surface area contributed by atoms with Gasteiger partial charge in [0.1, 0.15) is 17.9 Å². The third kappa shape index (κ3) is 2.36. The van der Waals surface area contributed by atoms with Crippen LogP contribution < -0.4 is 10.5 Å². The molecule has 0 aliphatic heterocycles. The largest absolute Gasteiger partial charge is 0.439 e. The summed E-state index contributed by atoms with van der Waals surface area (Å²) in [4.78, 5) is 8.42.